The lowest BCUT2D eigenvalue weighted by molar-refractivity contribution is -0.141. The van der Waals surface area contributed by atoms with Gasteiger partial charge in [0.25, 0.3) is 10.0 Å². The minimum Gasteiger partial charge on any atom is -0.481 e. The largest absolute Gasteiger partial charge is 0.481 e. The average Bonchev–Trinajstić information content (AvgIpc) is 2.85. The van der Waals surface area contributed by atoms with Crippen molar-refractivity contribution >= 4 is 16.0 Å². The quantitative estimate of drug-likeness (QED) is 0.783. The van der Waals surface area contributed by atoms with Crippen LogP contribution in [0.25, 0.3) is 0 Å². The van der Waals surface area contributed by atoms with Crippen LogP contribution in [0.5, 0.6) is 0 Å². The van der Waals surface area contributed by atoms with E-state index in [0.717, 1.165) is 0 Å². The molecule has 2 rings (SSSR count). The molecule has 1 aliphatic heterocycles. The molecule has 1 saturated heterocycles. The maximum atomic E-state index is 12.1. The van der Waals surface area contributed by atoms with Crippen LogP contribution in [-0.4, -0.2) is 46.9 Å². The van der Waals surface area contributed by atoms with Gasteiger partial charge in [-0.05, 0) is 13.3 Å². The summed E-state index contributed by atoms with van der Waals surface area (Å²) in [5.74, 6) is -1.06. The highest BCUT2D eigenvalue weighted by atomic mass is 32.2. The van der Waals surface area contributed by atoms with Crippen LogP contribution in [-0.2, 0) is 14.8 Å². The molecule has 1 aromatic rings. The highest BCUT2D eigenvalue weighted by molar-refractivity contribution is 7.89. The molecule has 0 amide bonds. The average molecular weight is 259 g/mol. The number of carbonyl (C=O) groups is 1. The van der Waals surface area contributed by atoms with Gasteiger partial charge in [0.1, 0.15) is 5.82 Å². The summed E-state index contributed by atoms with van der Waals surface area (Å²) < 4.78 is 25.3. The molecule has 0 saturated carbocycles. The first-order valence-corrected chi connectivity index (χ1v) is 6.60. The second-order valence-electron chi connectivity index (χ2n) is 4.02. The van der Waals surface area contributed by atoms with Crippen molar-refractivity contribution in [3.63, 3.8) is 0 Å². The van der Waals surface area contributed by atoms with Crippen LogP contribution < -0.4 is 0 Å². The number of H-pyrrole nitrogens is 1. The van der Waals surface area contributed by atoms with E-state index < -0.39 is 21.9 Å². The number of aromatic nitrogens is 2. The van der Waals surface area contributed by atoms with Gasteiger partial charge in [0.15, 0.2) is 5.03 Å². The van der Waals surface area contributed by atoms with E-state index in [9.17, 15) is 13.2 Å². The second-order valence-corrected chi connectivity index (χ2v) is 5.93. The lowest BCUT2D eigenvalue weighted by Crippen LogP contribution is -2.30. The zero-order valence-electron chi connectivity index (χ0n) is 9.25. The number of aliphatic carboxylic acids is 1. The number of nitrogens with one attached hydrogen (secondary N) is 1. The molecular formula is C9H13N3O4S. The summed E-state index contributed by atoms with van der Waals surface area (Å²) >= 11 is 0. The molecule has 1 atom stereocenters. The highest BCUT2D eigenvalue weighted by Crippen LogP contribution is 2.23. The fraction of sp³-hybridized carbons (Fsp3) is 0.556. The highest BCUT2D eigenvalue weighted by Gasteiger charge is 2.36. The van der Waals surface area contributed by atoms with Gasteiger partial charge < -0.3 is 10.1 Å². The molecule has 17 heavy (non-hydrogen) atoms. The summed E-state index contributed by atoms with van der Waals surface area (Å²) in [6, 6.07) is 0. The van der Waals surface area contributed by atoms with Crippen molar-refractivity contribution in [1.29, 1.82) is 0 Å². The Morgan fingerprint density at radius 2 is 2.35 bits per heavy atom. The van der Waals surface area contributed by atoms with Crippen LogP contribution >= 0.6 is 0 Å². The Bertz CT molecular complexity index is 536. The number of hydrogen-bond acceptors (Lipinski definition) is 4. The van der Waals surface area contributed by atoms with E-state index in [-0.39, 0.29) is 18.1 Å². The number of nitrogens with zero attached hydrogens (tertiary/aromatic N) is 2. The zero-order chi connectivity index (χ0) is 12.6. The molecule has 1 fully saturated rings. The monoisotopic (exact) mass is 259 g/mol. The number of aromatic amines is 1. The van der Waals surface area contributed by atoms with Gasteiger partial charge in [-0.1, -0.05) is 0 Å². The van der Waals surface area contributed by atoms with Gasteiger partial charge in [0.2, 0.25) is 0 Å². The van der Waals surface area contributed by atoms with Crippen molar-refractivity contribution in [2.24, 2.45) is 5.92 Å². The number of rotatable bonds is 3. The summed E-state index contributed by atoms with van der Waals surface area (Å²) in [6.45, 7) is 1.91. The molecule has 0 spiro atoms. The SMILES string of the molecule is Cc1ncc(S(=O)(=O)N2CCC(C(=O)O)C2)[nH]1. The smallest absolute Gasteiger partial charge is 0.307 e. The summed E-state index contributed by atoms with van der Waals surface area (Å²) in [5.41, 5.74) is 0. The Balaban J connectivity index is 2.21. The van der Waals surface area contributed by atoms with Crippen LogP contribution in [0.2, 0.25) is 0 Å². The molecule has 7 nitrogen and oxygen atoms in total. The molecule has 0 bridgehead atoms. The second kappa shape index (κ2) is 4.11. The Morgan fingerprint density at radius 3 is 2.82 bits per heavy atom. The summed E-state index contributed by atoms with van der Waals surface area (Å²) in [7, 11) is -3.63. The van der Waals surface area contributed by atoms with Gasteiger partial charge in [-0.25, -0.2) is 13.4 Å². The molecule has 1 aromatic heterocycles. The van der Waals surface area contributed by atoms with Crippen molar-refractivity contribution in [2.45, 2.75) is 18.4 Å². The molecule has 0 aromatic carbocycles. The van der Waals surface area contributed by atoms with Crippen LogP contribution in [0.4, 0.5) is 0 Å². The van der Waals surface area contributed by atoms with E-state index in [2.05, 4.69) is 9.97 Å². The van der Waals surface area contributed by atoms with Crippen LogP contribution in [0.15, 0.2) is 11.2 Å². The standard InChI is InChI=1S/C9H13N3O4S/c1-6-10-4-8(11-6)17(15,16)12-3-2-7(5-12)9(13)14/h4,7H,2-3,5H2,1H3,(H,10,11)(H,13,14). The van der Waals surface area contributed by atoms with Crippen molar-refractivity contribution in [1.82, 2.24) is 14.3 Å². The third-order valence-electron chi connectivity index (χ3n) is 2.80. The molecule has 0 radical (unpaired) electrons. The van der Waals surface area contributed by atoms with E-state index in [1.54, 1.807) is 6.92 Å². The number of aryl methyl sites for hydroxylation is 1. The summed E-state index contributed by atoms with van der Waals surface area (Å²) in [4.78, 5) is 17.3. The molecule has 0 aliphatic carbocycles. The van der Waals surface area contributed by atoms with E-state index in [1.807, 2.05) is 0 Å². The minimum atomic E-state index is -3.63. The topological polar surface area (TPSA) is 103 Å². The number of imidazole rings is 1. The number of carboxylic acid groups (broad SMARTS) is 1. The van der Waals surface area contributed by atoms with E-state index in [0.29, 0.717) is 12.2 Å². The molecule has 2 N–H and O–H groups in total. The van der Waals surface area contributed by atoms with Gasteiger partial charge in [-0.15, -0.1) is 0 Å². The van der Waals surface area contributed by atoms with Crippen LogP contribution in [0.1, 0.15) is 12.2 Å². The number of hydrogen-bond donors (Lipinski definition) is 2. The summed E-state index contributed by atoms with van der Waals surface area (Å²) in [6.07, 6.45) is 1.60. The molecule has 1 aliphatic rings. The molecule has 2 heterocycles. The Hall–Kier alpha value is -1.41. The van der Waals surface area contributed by atoms with Crippen LogP contribution in [0, 0.1) is 12.8 Å². The lowest BCUT2D eigenvalue weighted by atomic mass is 10.1. The van der Waals surface area contributed by atoms with Gasteiger partial charge in [0.05, 0.1) is 12.1 Å². The first-order chi connectivity index (χ1) is 7.91. The Morgan fingerprint density at radius 1 is 1.65 bits per heavy atom. The van der Waals surface area contributed by atoms with Gasteiger partial charge >= 0.3 is 5.97 Å². The van der Waals surface area contributed by atoms with E-state index >= 15 is 0 Å². The van der Waals surface area contributed by atoms with Crippen LogP contribution in [0.3, 0.4) is 0 Å². The summed E-state index contributed by atoms with van der Waals surface area (Å²) in [5, 5.41) is 8.84. The predicted molar refractivity (Wildman–Crippen MR) is 57.8 cm³/mol. The molecule has 1 unspecified atom stereocenters. The third-order valence-corrected chi connectivity index (χ3v) is 4.57. The first kappa shape index (κ1) is 12.1. The Labute approximate surface area is 98.5 Å². The van der Waals surface area contributed by atoms with Crippen molar-refractivity contribution in [2.75, 3.05) is 13.1 Å². The normalized spacial score (nSPS) is 21.8. The fourth-order valence-electron chi connectivity index (χ4n) is 1.82. The fourth-order valence-corrected chi connectivity index (χ4v) is 3.28. The maximum Gasteiger partial charge on any atom is 0.307 e. The Kier molecular flexibility index (Phi) is 2.92. The maximum absolute atomic E-state index is 12.1. The third kappa shape index (κ3) is 2.18. The predicted octanol–water partition coefficient (Wildman–Crippen LogP) is -0.187. The van der Waals surface area contributed by atoms with Gasteiger partial charge in [0, 0.05) is 13.1 Å². The molecule has 8 heteroatoms. The number of sulfonamides is 1. The molecular weight excluding hydrogens is 246 g/mol. The van der Waals surface area contributed by atoms with Gasteiger partial charge in [-0.3, -0.25) is 4.79 Å². The zero-order valence-corrected chi connectivity index (χ0v) is 10.1. The first-order valence-electron chi connectivity index (χ1n) is 5.16. The van der Waals surface area contributed by atoms with E-state index in [4.69, 9.17) is 5.11 Å². The minimum absolute atomic E-state index is 0.0149. The van der Waals surface area contributed by atoms with Crippen molar-refractivity contribution in [3.05, 3.63) is 12.0 Å². The van der Waals surface area contributed by atoms with E-state index in [1.165, 1.54) is 10.5 Å². The van der Waals surface area contributed by atoms with Gasteiger partial charge in [-0.2, -0.15) is 4.31 Å². The lowest BCUT2D eigenvalue weighted by Gasteiger charge is -2.13. The number of carboxylic acids is 1. The van der Waals surface area contributed by atoms with Crippen molar-refractivity contribution in [3.8, 4) is 0 Å². The van der Waals surface area contributed by atoms with Crippen molar-refractivity contribution < 1.29 is 18.3 Å². The molecule has 94 valence electrons.